The number of nitrogens with zero attached hydrogens (tertiary/aromatic N) is 1. The van der Waals surface area contributed by atoms with Crippen LogP contribution in [-0.4, -0.2) is 46.8 Å². The van der Waals surface area contributed by atoms with Crippen LogP contribution in [0, 0.1) is 5.41 Å². The SMILES string of the molecule is CC(C)(C)NC(=O)C1=CC=C/C(=C/Nc2ccc(C3(C)CCCN(C(=O)OC(C)(C)C)C3)cc2)C1=N. The number of carbonyl (C=O) groups is 2. The highest BCUT2D eigenvalue weighted by atomic mass is 16.6. The summed E-state index contributed by atoms with van der Waals surface area (Å²) >= 11 is 0. The third-order valence-electron chi connectivity index (χ3n) is 6.15. The Bertz CT molecular complexity index is 1100. The molecule has 1 atom stereocenters. The summed E-state index contributed by atoms with van der Waals surface area (Å²) in [5.74, 6) is -0.256. The van der Waals surface area contributed by atoms with E-state index < -0.39 is 5.60 Å². The van der Waals surface area contributed by atoms with Crippen molar-refractivity contribution < 1.29 is 14.3 Å². The first-order valence-corrected chi connectivity index (χ1v) is 12.5. The van der Waals surface area contributed by atoms with Gasteiger partial charge in [0, 0.05) is 41.5 Å². The van der Waals surface area contributed by atoms with Gasteiger partial charge in [-0.15, -0.1) is 0 Å². The van der Waals surface area contributed by atoms with Gasteiger partial charge in [0.15, 0.2) is 0 Å². The van der Waals surface area contributed by atoms with E-state index in [2.05, 4.69) is 29.7 Å². The van der Waals surface area contributed by atoms with E-state index in [0.717, 1.165) is 18.5 Å². The maximum Gasteiger partial charge on any atom is 0.410 e. The van der Waals surface area contributed by atoms with Gasteiger partial charge in [-0.05, 0) is 78.2 Å². The first-order valence-electron chi connectivity index (χ1n) is 12.5. The number of allylic oxidation sites excluding steroid dienone is 4. The summed E-state index contributed by atoms with van der Waals surface area (Å²) < 4.78 is 5.59. The lowest BCUT2D eigenvalue weighted by Crippen LogP contribution is -2.48. The number of carbonyl (C=O) groups excluding carboxylic acids is 2. The topological polar surface area (TPSA) is 94.5 Å². The zero-order valence-corrected chi connectivity index (χ0v) is 22.6. The summed E-state index contributed by atoms with van der Waals surface area (Å²) in [4.78, 5) is 27.0. The van der Waals surface area contributed by atoms with Gasteiger partial charge >= 0.3 is 6.09 Å². The Labute approximate surface area is 215 Å². The van der Waals surface area contributed by atoms with E-state index in [4.69, 9.17) is 10.1 Å². The van der Waals surface area contributed by atoms with Gasteiger partial charge in [0.1, 0.15) is 5.60 Å². The Morgan fingerprint density at radius 2 is 1.78 bits per heavy atom. The second kappa shape index (κ2) is 10.3. The summed E-state index contributed by atoms with van der Waals surface area (Å²) in [6, 6.07) is 8.18. The lowest BCUT2D eigenvalue weighted by Gasteiger charge is -2.41. The van der Waals surface area contributed by atoms with Crippen molar-refractivity contribution in [2.75, 3.05) is 18.4 Å². The molecule has 3 rings (SSSR count). The quantitative estimate of drug-likeness (QED) is 0.502. The number of amides is 2. The molecule has 1 unspecified atom stereocenters. The molecule has 0 spiro atoms. The fraction of sp³-hybridized carbons (Fsp3) is 0.483. The molecule has 1 aliphatic carbocycles. The number of likely N-dealkylation sites (tertiary alicyclic amines) is 1. The Kier molecular flexibility index (Phi) is 7.82. The number of nitrogens with one attached hydrogen (secondary N) is 3. The highest BCUT2D eigenvalue weighted by molar-refractivity contribution is 6.28. The maximum atomic E-state index is 12.6. The third-order valence-corrected chi connectivity index (χ3v) is 6.15. The molecular weight excluding hydrogens is 452 g/mol. The van der Waals surface area contributed by atoms with Gasteiger partial charge in [0.05, 0.1) is 11.3 Å². The first kappa shape index (κ1) is 27.2. The van der Waals surface area contributed by atoms with Crippen molar-refractivity contribution in [3.05, 3.63) is 65.4 Å². The number of rotatable bonds is 4. The lowest BCUT2D eigenvalue weighted by atomic mass is 9.76. The number of hydrogen-bond donors (Lipinski definition) is 3. The van der Waals surface area contributed by atoms with Crippen molar-refractivity contribution in [1.29, 1.82) is 5.41 Å². The Hall–Kier alpha value is -3.35. The van der Waals surface area contributed by atoms with Crippen LogP contribution in [0.4, 0.5) is 10.5 Å². The van der Waals surface area contributed by atoms with Crippen LogP contribution in [0.2, 0.25) is 0 Å². The fourth-order valence-electron chi connectivity index (χ4n) is 4.37. The fourth-order valence-corrected chi connectivity index (χ4v) is 4.37. The minimum atomic E-state index is -0.510. The van der Waals surface area contributed by atoms with Gasteiger partial charge in [0.2, 0.25) is 0 Å². The number of hydrogen-bond acceptors (Lipinski definition) is 5. The van der Waals surface area contributed by atoms with Crippen molar-refractivity contribution >= 4 is 23.4 Å². The Balaban J connectivity index is 1.66. The van der Waals surface area contributed by atoms with E-state index in [9.17, 15) is 9.59 Å². The summed E-state index contributed by atoms with van der Waals surface area (Å²) in [5.41, 5.74) is 2.17. The largest absolute Gasteiger partial charge is 0.444 e. The van der Waals surface area contributed by atoms with Crippen molar-refractivity contribution in [3.8, 4) is 0 Å². The van der Waals surface area contributed by atoms with Crippen LogP contribution < -0.4 is 10.6 Å². The lowest BCUT2D eigenvalue weighted by molar-refractivity contribution is -0.118. The number of ether oxygens (including phenoxy) is 1. The molecule has 1 heterocycles. The van der Waals surface area contributed by atoms with Crippen LogP contribution in [0.25, 0.3) is 0 Å². The summed E-state index contributed by atoms with van der Waals surface area (Å²) in [5, 5.41) is 14.6. The molecule has 0 aromatic heterocycles. The molecule has 2 amide bonds. The van der Waals surface area contributed by atoms with E-state index in [1.165, 1.54) is 5.56 Å². The molecule has 0 bridgehead atoms. The van der Waals surface area contributed by atoms with Gasteiger partial charge in [-0.25, -0.2) is 4.79 Å². The van der Waals surface area contributed by atoms with Crippen LogP contribution in [0.1, 0.15) is 66.9 Å². The predicted octanol–water partition coefficient (Wildman–Crippen LogP) is 5.70. The van der Waals surface area contributed by atoms with E-state index >= 15 is 0 Å². The zero-order chi connectivity index (χ0) is 26.7. The molecule has 0 saturated carbocycles. The normalized spacial score (nSPS) is 21.8. The molecule has 3 N–H and O–H groups in total. The maximum absolute atomic E-state index is 12.6. The minimum absolute atomic E-state index is 0.152. The average molecular weight is 493 g/mol. The average Bonchev–Trinajstić information content (AvgIpc) is 2.76. The van der Waals surface area contributed by atoms with Crippen molar-refractivity contribution in [2.24, 2.45) is 0 Å². The van der Waals surface area contributed by atoms with Gasteiger partial charge in [-0.3, -0.25) is 10.2 Å². The summed E-state index contributed by atoms with van der Waals surface area (Å²) in [6.07, 6.45) is 8.68. The van der Waals surface area contributed by atoms with E-state index in [1.54, 1.807) is 18.4 Å². The standard InChI is InChI=1S/C29H40N4O3/c1-27(2,3)32-25(34)23-11-8-10-20(24(23)30)18-31-22-14-12-21(13-15-22)29(7)16-9-17-33(19-29)26(35)36-28(4,5)6/h8,10-15,18,30-31H,9,16-17,19H2,1-7H3,(H,32,34)/b20-18-,30-24?. The molecule has 1 fully saturated rings. The number of piperidine rings is 1. The van der Waals surface area contributed by atoms with Crippen molar-refractivity contribution in [3.63, 3.8) is 0 Å². The predicted molar refractivity (Wildman–Crippen MR) is 145 cm³/mol. The molecule has 36 heavy (non-hydrogen) atoms. The smallest absolute Gasteiger partial charge is 0.410 e. The second-order valence-corrected chi connectivity index (χ2v) is 11.9. The molecule has 194 valence electrons. The van der Waals surface area contributed by atoms with Crippen molar-refractivity contribution in [2.45, 2.75) is 77.9 Å². The molecule has 7 heteroatoms. The number of anilines is 1. The third kappa shape index (κ3) is 7.09. The molecule has 0 radical (unpaired) electrons. The molecule has 1 aliphatic heterocycles. The number of benzene rings is 1. The Morgan fingerprint density at radius 1 is 1.11 bits per heavy atom. The van der Waals surface area contributed by atoms with Crippen LogP contribution >= 0.6 is 0 Å². The summed E-state index contributed by atoms with van der Waals surface area (Å²) in [7, 11) is 0. The summed E-state index contributed by atoms with van der Waals surface area (Å²) in [6.45, 7) is 14.9. The van der Waals surface area contributed by atoms with Gasteiger partial charge in [-0.1, -0.05) is 31.2 Å². The van der Waals surface area contributed by atoms with Crippen molar-refractivity contribution in [1.82, 2.24) is 10.2 Å². The molecular formula is C29H40N4O3. The van der Waals surface area contributed by atoms with Crippen LogP contribution in [0.3, 0.4) is 0 Å². The van der Waals surface area contributed by atoms with E-state index in [0.29, 0.717) is 24.2 Å². The van der Waals surface area contributed by atoms with Crippen LogP contribution in [0.15, 0.2) is 59.8 Å². The highest BCUT2D eigenvalue weighted by Crippen LogP contribution is 2.35. The second-order valence-electron chi connectivity index (χ2n) is 11.9. The van der Waals surface area contributed by atoms with Crippen LogP contribution in [0.5, 0.6) is 0 Å². The van der Waals surface area contributed by atoms with Crippen LogP contribution in [-0.2, 0) is 14.9 Å². The van der Waals surface area contributed by atoms with E-state index in [-0.39, 0.29) is 28.7 Å². The monoisotopic (exact) mass is 492 g/mol. The first-order chi connectivity index (χ1) is 16.7. The van der Waals surface area contributed by atoms with Gasteiger partial charge < -0.3 is 20.3 Å². The molecule has 2 aliphatic rings. The highest BCUT2D eigenvalue weighted by Gasteiger charge is 2.36. The van der Waals surface area contributed by atoms with Gasteiger partial charge in [-0.2, -0.15) is 0 Å². The van der Waals surface area contributed by atoms with E-state index in [1.807, 2.05) is 64.7 Å². The minimum Gasteiger partial charge on any atom is -0.444 e. The van der Waals surface area contributed by atoms with Gasteiger partial charge in [0.25, 0.3) is 5.91 Å². The molecule has 1 aromatic rings. The Morgan fingerprint density at radius 3 is 2.39 bits per heavy atom. The zero-order valence-electron chi connectivity index (χ0n) is 22.6. The molecule has 1 aromatic carbocycles. The molecule has 1 saturated heterocycles. The molecule has 7 nitrogen and oxygen atoms in total.